The summed E-state index contributed by atoms with van der Waals surface area (Å²) in [4.78, 5) is 10.0. The van der Waals surface area contributed by atoms with Crippen LogP contribution >= 0.6 is 0 Å². The van der Waals surface area contributed by atoms with Crippen molar-refractivity contribution in [3.05, 3.63) is 58.1 Å². The molecule has 0 spiro atoms. The Balaban J connectivity index is 2.13. The zero-order valence-electron chi connectivity index (χ0n) is 12.7. The van der Waals surface area contributed by atoms with Crippen LogP contribution in [0, 0.1) is 10.1 Å². The van der Waals surface area contributed by atoms with Crippen LogP contribution in [0.25, 0.3) is 0 Å². The van der Waals surface area contributed by atoms with Gasteiger partial charge in [0.05, 0.1) is 22.9 Å². The van der Waals surface area contributed by atoms with Crippen LogP contribution in [-0.4, -0.2) is 17.7 Å². The van der Waals surface area contributed by atoms with Gasteiger partial charge in [0.15, 0.2) is 0 Å². The number of nitrogens with two attached hydrogens (primary N) is 1. The van der Waals surface area contributed by atoms with Crippen LogP contribution in [0.5, 0.6) is 0 Å². The predicted molar refractivity (Wildman–Crippen MR) is 83.8 cm³/mol. The van der Waals surface area contributed by atoms with Crippen molar-refractivity contribution in [1.82, 2.24) is 0 Å². The van der Waals surface area contributed by atoms with Gasteiger partial charge in [0.1, 0.15) is 6.61 Å². The Morgan fingerprint density at radius 3 is 2.40 bits per heavy atom. The number of non-ortho nitro benzene ring substituents is 1. The molecule has 25 heavy (non-hydrogen) atoms. The molecule has 0 saturated carbocycles. The summed E-state index contributed by atoms with van der Waals surface area (Å²) in [7, 11) is 0. The van der Waals surface area contributed by atoms with E-state index in [1.807, 2.05) is 0 Å². The number of azo groups is 1. The van der Waals surface area contributed by atoms with E-state index in [1.54, 1.807) is 0 Å². The summed E-state index contributed by atoms with van der Waals surface area (Å²) in [5.41, 5.74) is 6.86. The van der Waals surface area contributed by atoms with Crippen molar-refractivity contribution in [2.24, 2.45) is 10.2 Å². The fourth-order valence-corrected chi connectivity index (χ4v) is 1.85. The number of rotatable bonds is 6. The van der Waals surface area contributed by atoms with Crippen molar-refractivity contribution in [3.63, 3.8) is 0 Å². The first kappa shape index (κ1) is 18.3. The number of hydrogen-bond donors (Lipinski definition) is 1. The number of nitro benzene ring substituents is 1. The topological polar surface area (TPSA) is 103 Å². The molecule has 2 N–H and O–H groups in total. The lowest BCUT2D eigenvalue weighted by atomic mass is 10.2. The molecule has 0 fully saturated rings. The van der Waals surface area contributed by atoms with E-state index in [9.17, 15) is 23.3 Å². The predicted octanol–water partition coefficient (Wildman–Crippen LogP) is 4.67. The first-order valence-electron chi connectivity index (χ1n) is 6.94. The van der Waals surface area contributed by atoms with Crippen LogP contribution in [0.1, 0.15) is 5.56 Å². The molecule has 7 nitrogen and oxygen atoms in total. The van der Waals surface area contributed by atoms with Crippen LogP contribution in [0.15, 0.2) is 52.7 Å². The van der Waals surface area contributed by atoms with E-state index in [2.05, 4.69) is 15.0 Å². The first-order chi connectivity index (χ1) is 11.7. The highest BCUT2D eigenvalue weighted by atomic mass is 19.4. The minimum Gasteiger partial charge on any atom is -0.399 e. The quantitative estimate of drug-likeness (QED) is 0.352. The molecule has 0 unspecified atom stereocenters. The lowest BCUT2D eigenvalue weighted by Gasteiger charge is -2.09. The number of ether oxygens (including phenoxy) is 1. The van der Waals surface area contributed by atoms with Gasteiger partial charge in [0.2, 0.25) is 0 Å². The smallest absolute Gasteiger partial charge is 0.399 e. The molecule has 0 aliphatic rings. The maximum atomic E-state index is 12.2. The Kier molecular flexibility index (Phi) is 5.65. The maximum Gasteiger partial charge on any atom is 0.411 e. The van der Waals surface area contributed by atoms with Crippen LogP contribution < -0.4 is 5.73 Å². The summed E-state index contributed by atoms with van der Waals surface area (Å²) in [6, 6.07) is 9.81. The molecule has 2 aromatic rings. The third kappa shape index (κ3) is 5.84. The number of nitrogens with zero attached hydrogens (tertiary/aromatic N) is 3. The SMILES string of the molecule is Nc1ccc(N=Nc2ccc([N+](=O)[O-])cc2)c(COCC(F)(F)F)c1. The largest absolute Gasteiger partial charge is 0.411 e. The van der Waals surface area contributed by atoms with Crippen molar-refractivity contribution >= 4 is 22.7 Å². The normalized spacial score (nSPS) is 11.8. The number of nitrogen functional groups attached to an aromatic ring is 1. The molecule has 0 aliphatic carbocycles. The number of nitro groups is 1. The van der Waals surface area contributed by atoms with E-state index in [1.165, 1.54) is 42.5 Å². The summed E-state index contributed by atoms with van der Waals surface area (Å²) in [5.74, 6) is 0. The van der Waals surface area contributed by atoms with E-state index < -0.39 is 17.7 Å². The third-order valence-corrected chi connectivity index (χ3v) is 2.96. The lowest BCUT2D eigenvalue weighted by molar-refractivity contribution is -0.384. The van der Waals surface area contributed by atoms with Gasteiger partial charge >= 0.3 is 6.18 Å². The Hall–Kier alpha value is -3.01. The Morgan fingerprint density at radius 1 is 1.12 bits per heavy atom. The molecular formula is C15H13F3N4O3. The molecule has 0 saturated heterocycles. The molecular weight excluding hydrogens is 341 g/mol. The second-order valence-electron chi connectivity index (χ2n) is 4.97. The molecule has 0 atom stereocenters. The summed E-state index contributed by atoms with van der Waals surface area (Å²) in [6.07, 6.45) is -4.43. The van der Waals surface area contributed by atoms with Gasteiger partial charge in [0.25, 0.3) is 5.69 Å². The van der Waals surface area contributed by atoms with Gasteiger partial charge in [-0.05, 0) is 30.3 Å². The zero-order valence-corrected chi connectivity index (χ0v) is 12.7. The first-order valence-corrected chi connectivity index (χ1v) is 6.94. The Bertz CT molecular complexity index is 777. The second-order valence-corrected chi connectivity index (χ2v) is 4.97. The fourth-order valence-electron chi connectivity index (χ4n) is 1.85. The molecule has 2 rings (SSSR count). The highest BCUT2D eigenvalue weighted by molar-refractivity contribution is 5.54. The van der Waals surface area contributed by atoms with Gasteiger partial charge in [-0.3, -0.25) is 10.1 Å². The molecule has 0 aliphatic heterocycles. The second kappa shape index (κ2) is 7.71. The molecule has 10 heteroatoms. The van der Waals surface area contributed by atoms with E-state index in [4.69, 9.17) is 5.73 Å². The van der Waals surface area contributed by atoms with E-state index in [-0.39, 0.29) is 18.0 Å². The zero-order chi connectivity index (χ0) is 18.4. The molecule has 132 valence electrons. The van der Waals surface area contributed by atoms with E-state index in [0.717, 1.165) is 0 Å². The molecule has 0 aromatic heterocycles. The Morgan fingerprint density at radius 2 is 1.80 bits per heavy atom. The van der Waals surface area contributed by atoms with Crippen molar-refractivity contribution in [1.29, 1.82) is 0 Å². The van der Waals surface area contributed by atoms with Gasteiger partial charge in [0, 0.05) is 23.4 Å². The van der Waals surface area contributed by atoms with E-state index >= 15 is 0 Å². The lowest BCUT2D eigenvalue weighted by Crippen LogP contribution is -2.16. The molecule has 0 radical (unpaired) electrons. The van der Waals surface area contributed by atoms with Gasteiger partial charge in [-0.25, -0.2) is 0 Å². The van der Waals surface area contributed by atoms with Gasteiger partial charge < -0.3 is 10.5 Å². The third-order valence-electron chi connectivity index (χ3n) is 2.96. The average Bonchev–Trinajstić information content (AvgIpc) is 2.53. The Labute approximate surface area is 140 Å². The summed E-state index contributed by atoms with van der Waals surface area (Å²) >= 11 is 0. The monoisotopic (exact) mass is 354 g/mol. The number of alkyl halides is 3. The molecule has 2 aromatic carbocycles. The summed E-state index contributed by atoms with van der Waals surface area (Å²) < 4.78 is 41.1. The van der Waals surface area contributed by atoms with E-state index in [0.29, 0.717) is 16.9 Å². The fraction of sp³-hybridized carbons (Fsp3) is 0.200. The molecule has 0 heterocycles. The highest BCUT2D eigenvalue weighted by Gasteiger charge is 2.27. The number of benzene rings is 2. The molecule has 0 bridgehead atoms. The average molecular weight is 354 g/mol. The maximum absolute atomic E-state index is 12.2. The van der Waals surface area contributed by atoms with Gasteiger partial charge in [-0.15, -0.1) is 0 Å². The minimum atomic E-state index is -4.43. The van der Waals surface area contributed by atoms with Crippen LogP contribution in [0.2, 0.25) is 0 Å². The van der Waals surface area contributed by atoms with Crippen molar-refractivity contribution in [2.75, 3.05) is 12.3 Å². The highest BCUT2D eigenvalue weighted by Crippen LogP contribution is 2.27. The number of anilines is 1. The van der Waals surface area contributed by atoms with Crippen molar-refractivity contribution < 1.29 is 22.8 Å². The van der Waals surface area contributed by atoms with Crippen LogP contribution in [0.4, 0.5) is 35.9 Å². The molecule has 0 amide bonds. The van der Waals surface area contributed by atoms with Crippen molar-refractivity contribution in [2.45, 2.75) is 12.8 Å². The minimum absolute atomic E-state index is 0.0901. The standard InChI is InChI=1S/C15H13F3N4O3/c16-15(17,18)9-25-8-10-7-11(19)1-6-14(10)21-20-12-2-4-13(5-3-12)22(23)24/h1-7H,8-9,19H2. The summed E-state index contributed by atoms with van der Waals surface area (Å²) in [6.45, 7) is -1.72. The number of hydrogen-bond acceptors (Lipinski definition) is 6. The number of halogens is 3. The summed E-state index contributed by atoms with van der Waals surface area (Å²) in [5, 5.41) is 18.4. The van der Waals surface area contributed by atoms with Crippen LogP contribution in [-0.2, 0) is 11.3 Å². The van der Waals surface area contributed by atoms with Gasteiger partial charge in [-0.2, -0.15) is 23.4 Å². The van der Waals surface area contributed by atoms with Crippen LogP contribution in [0.3, 0.4) is 0 Å². The van der Waals surface area contributed by atoms with Crippen molar-refractivity contribution in [3.8, 4) is 0 Å². The van der Waals surface area contributed by atoms with Gasteiger partial charge in [-0.1, -0.05) is 0 Å².